The first kappa shape index (κ1) is 36.6. The van der Waals surface area contributed by atoms with Gasteiger partial charge in [0.2, 0.25) is 0 Å². The number of rotatable bonds is 18. The number of benzene rings is 4. The Bertz CT molecular complexity index is 1860. The Hall–Kier alpha value is -5.70. The van der Waals surface area contributed by atoms with Gasteiger partial charge in [0.1, 0.15) is 17.3 Å². The van der Waals surface area contributed by atoms with Crippen LogP contribution < -0.4 is 25.4 Å². The molecule has 0 saturated carbocycles. The minimum absolute atomic E-state index is 0.317. The first-order valence-electron chi connectivity index (χ1n) is 17.9. The van der Waals surface area contributed by atoms with Crippen LogP contribution in [0.5, 0.6) is 11.5 Å². The van der Waals surface area contributed by atoms with E-state index >= 15 is 0 Å². The van der Waals surface area contributed by atoms with Crippen molar-refractivity contribution < 1.29 is 23.9 Å². The van der Waals surface area contributed by atoms with E-state index in [2.05, 4.69) is 27.9 Å². The molecule has 0 aliphatic heterocycles. The van der Waals surface area contributed by atoms with Crippen molar-refractivity contribution in [1.29, 1.82) is 0 Å². The molecule has 1 heterocycles. The Morgan fingerprint density at radius 1 is 0.588 bits per heavy atom. The summed E-state index contributed by atoms with van der Waals surface area (Å²) < 4.78 is 11.4. The lowest BCUT2D eigenvalue weighted by atomic mass is 10.1. The summed E-state index contributed by atoms with van der Waals surface area (Å²) in [4.78, 5) is 42.2. The van der Waals surface area contributed by atoms with E-state index in [9.17, 15) is 14.4 Å². The number of pyridine rings is 1. The molecule has 0 radical (unpaired) electrons. The van der Waals surface area contributed by atoms with Gasteiger partial charge in [-0.1, -0.05) is 95.0 Å². The summed E-state index contributed by atoms with van der Waals surface area (Å²) in [5, 5.41) is 10.4. The molecule has 0 atom stereocenters. The van der Waals surface area contributed by atoms with Crippen molar-refractivity contribution >= 4 is 45.9 Å². The topological polar surface area (TPSA) is 119 Å². The number of nitrogens with zero attached hydrogens (tertiary/aromatic N) is 1. The summed E-state index contributed by atoms with van der Waals surface area (Å²) in [6.45, 7) is 2.91. The number of ether oxygens (including phenoxy) is 2. The zero-order chi connectivity index (χ0) is 35.7. The molecule has 5 rings (SSSR count). The van der Waals surface area contributed by atoms with Crippen molar-refractivity contribution in [2.45, 2.75) is 71.1 Å². The molecule has 0 aliphatic carbocycles. The number of nitrogens with one attached hydrogen (secondary N) is 3. The molecule has 0 unspecified atom stereocenters. The number of hydrogen-bond acceptors (Lipinski definition) is 6. The number of aromatic nitrogens is 1. The summed E-state index contributed by atoms with van der Waals surface area (Å²) in [5.74, 6) is 0.499. The Labute approximate surface area is 299 Å². The van der Waals surface area contributed by atoms with E-state index in [1.54, 1.807) is 60.7 Å². The van der Waals surface area contributed by atoms with Gasteiger partial charge in [-0.15, -0.1) is 0 Å². The van der Waals surface area contributed by atoms with Crippen molar-refractivity contribution in [2.75, 3.05) is 22.6 Å². The number of carbonyl (C=O) groups is 3. The number of fused-ring (bicyclic) bond motifs is 1. The minimum Gasteiger partial charge on any atom is -0.494 e. The number of carbonyl (C=O) groups excluding carboxylic acids is 3. The zero-order valence-electron chi connectivity index (χ0n) is 29.2. The zero-order valence-corrected chi connectivity index (χ0v) is 29.2. The van der Waals surface area contributed by atoms with Gasteiger partial charge in [0.15, 0.2) is 0 Å². The molecule has 9 heteroatoms. The predicted molar refractivity (Wildman–Crippen MR) is 204 cm³/mol. The monoisotopic (exact) mass is 686 g/mol. The predicted octanol–water partition coefficient (Wildman–Crippen LogP) is 10.6. The van der Waals surface area contributed by atoms with Crippen molar-refractivity contribution in [3.8, 4) is 11.5 Å². The molecular formula is C42H46N4O5. The maximum atomic E-state index is 12.8. The molecule has 0 fully saturated rings. The average molecular weight is 687 g/mol. The van der Waals surface area contributed by atoms with Crippen LogP contribution >= 0.6 is 0 Å². The van der Waals surface area contributed by atoms with Crippen LogP contribution in [0.25, 0.3) is 10.8 Å². The van der Waals surface area contributed by atoms with Crippen molar-refractivity contribution in [3.05, 3.63) is 120 Å². The second-order valence-corrected chi connectivity index (χ2v) is 12.5. The fourth-order valence-corrected chi connectivity index (χ4v) is 5.60. The molecular weight excluding hydrogens is 640 g/mol. The summed E-state index contributed by atoms with van der Waals surface area (Å²) >= 11 is 0. The molecule has 0 bridgehead atoms. The SMILES string of the molecule is CCCCCCCCCCCCOc1ccc(C(=O)Oc2ccc(C(=O)Nc3ccc(NC(=O)Nc4ccc5ccccc5c4)nc3)cc2)cc1. The van der Waals surface area contributed by atoms with Gasteiger partial charge >= 0.3 is 12.0 Å². The van der Waals surface area contributed by atoms with Crippen LogP contribution in [0.3, 0.4) is 0 Å². The van der Waals surface area contributed by atoms with Gasteiger partial charge in [0.05, 0.1) is 24.1 Å². The summed E-state index contributed by atoms with van der Waals surface area (Å²) in [6, 6.07) is 29.6. The summed E-state index contributed by atoms with van der Waals surface area (Å²) in [6.07, 6.45) is 14.2. The van der Waals surface area contributed by atoms with Crippen LogP contribution in [0.2, 0.25) is 0 Å². The molecule has 264 valence electrons. The Kier molecular flexibility index (Phi) is 14.0. The van der Waals surface area contributed by atoms with Gasteiger partial charge in [-0.25, -0.2) is 14.6 Å². The molecule has 0 saturated heterocycles. The summed E-state index contributed by atoms with van der Waals surface area (Å²) in [7, 11) is 0. The highest BCUT2D eigenvalue weighted by Gasteiger charge is 2.12. The van der Waals surface area contributed by atoms with Crippen LogP contribution in [-0.2, 0) is 0 Å². The number of hydrogen-bond donors (Lipinski definition) is 3. The second-order valence-electron chi connectivity index (χ2n) is 12.5. The van der Waals surface area contributed by atoms with E-state index in [-0.39, 0.29) is 5.91 Å². The average Bonchev–Trinajstić information content (AvgIpc) is 3.15. The van der Waals surface area contributed by atoms with Gasteiger partial charge in [0, 0.05) is 11.3 Å². The van der Waals surface area contributed by atoms with Gasteiger partial charge in [-0.05, 0) is 90.0 Å². The van der Waals surface area contributed by atoms with Crippen LogP contribution in [-0.4, -0.2) is 29.5 Å². The molecule has 0 aliphatic rings. The van der Waals surface area contributed by atoms with Crippen LogP contribution in [0.4, 0.5) is 22.0 Å². The van der Waals surface area contributed by atoms with E-state index in [4.69, 9.17) is 9.47 Å². The highest BCUT2D eigenvalue weighted by atomic mass is 16.5. The van der Waals surface area contributed by atoms with Gasteiger partial charge in [-0.2, -0.15) is 0 Å². The lowest BCUT2D eigenvalue weighted by Gasteiger charge is -2.10. The van der Waals surface area contributed by atoms with E-state index < -0.39 is 12.0 Å². The number of amides is 3. The molecule has 0 spiro atoms. The highest BCUT2D eigenvalue weighted by Crippen LogP contribution is 2.21. The molecule has 3 N–H and O–H groups in total. The second kappa shape index (κ2) is 19.5. The largest absolute Gasteiger partial charge is 0.494 e. The fourth-order valence-electron chi connectivity index (χ4n) is 5.60. The standard InChI is InChI=1S/C42H46N4O5/c1-2-3-4-5-6-7-8-9-10-13-28-50-37-23-19-33(20-24-37)41(48)51-38-25-17-32(18-26-38)40(47)44-36-22-27-39(43-30-36)46-42(49)45-35-21-16-31-14-11-12-15-34(31)29-35/h11-12,14-27,29-30H,2-10,13,28H2,1H3,(H,44,47)(H2,43,45,46,49). The van der Waals surface area contributed by atoms with E-state index in [0.29, 0.717) is 40.7 Å². The molecule has 9 nitrogen and oxygen atoms in total. The number of esters is 1. The third kappa shape index (κ3) is 12.0. The smallest absolute Gasteiger partial charge is 0.343 e. The third-order valence-electron chi connectivity index (χ3n) is 8.45. The van der Waals surface area contributed by atoms with Crippen LogP contribution in [0, 0.1) is 0 Å². The lowest BCUT2D eigenvalue weighted by molar-refractivity contribution is 0.0734. The Morgan fingerprint density at radius 3 is 1.90 bits per heavy atom. The van der Waals surface area contributed by atoms with Gasteiger partial charge in [-0.3, -0.25) is 10.1 Å². The minimum atomic E-state index is -0.501. The number of urea groups is 1. The molecule has 3 amide bonds. The van der Waals surface area contributed by atoms with E-state index in [1.807, 2.05) is 42.5 Å². The molecule has 4 aromatic carbocycles. The highest BCUT2D eigenvalue weighted by molar-refractivity contribution is 6.04. The van der Waals surface area contributed by atoms with E-state index in [1.165, 1.54) is 57.6 Å². The number of anilines is 3. The normalized spacial score (nSPS) is 10.8. The Balaban J connectivity index is 0.995. The quantitative estimate of drug-likeness (QED) is 0.0479. The third-order valence-corrected chi connectivity index (χ3v) is 8.45. The first-order chi connectivity index (χ1) is 25.0. The van der Waals surface area contributed by atoms with Crippen molar-refractivity contribution in [1.82, 2.24) is 4.98 Å². The van der Waals surface area contributed by atoms with Crippen molar-refractivity contribution in [3.63, 3.8) is 0 Å². The van der Waals surface area contributed by atoms with Gasteiger partial charge < -0.3 is 20.1 Å². The molecule has 5 aromatic rings. The molecule has 51 heavy (non-hydrogen) atoms. The first-order valence-corrected chi connectivity index (χ1v) is 17.9. The van der Waals surface area contributed by atoms with Gasteiger partial charge in [0.25, 0.3) is 5.91 Å². The van der Waals surface area contributed by atoms with E-state index in [0.717, 1.165) is 29.4 Å². The van der Waals surface area contributed by atoms with Crippen molar-refractivity contribution in [2.24, 2.45) is 0 Å². The number of unbranched alkanes of at least 4 members (excludes halogenated alkanes) is 9. The summed E-state index contributed by atoms with van der Waals surface area (Å²) in [5.41, 5.74) is 1.88. The maximum Gasteiger partial charge on any atom is 0.343 e. The fraction of sp³-hybridized carbons (Fsp3) is 0.286. The van der Waals surface area contributed by atoms with Crippen LogP contribution in [0.1, 0.15) is 91.8 Å². The lowest BCUT2D eigenvalue weighted by Crippen LogP contribution is -2.20. The maximum absolute atomic E-state index is 12.8. The molecule has 1 aromatic heterocycles. The van der Waals surface area contributed by atoms with Crippen LogP contribution in [0.15, 0.2) is 109 Å². The Morgan fingerprint density at radius 2 is 1.22 bits per heavy atom.